The van der Waals surface area contributed by atoms with Crippen LogP contribution in [0.2, 0.25) is 0 Å². The van der Waals surface area contributed by atoms with E-state index in [2.05, 4.69) is 20.6 Å². The summed E-state index contributed by atoms with van der Waals surface area (Å²) in [6, 6.07) is 12.8. The van der Waals surface area contributed by atoms with Gasteiger partial charge in [0.05, 0.1) is 12.2 Å². The van der Waals surface area contributed by atoms with Crippen LogP contribution in [0.3, 0.4) is 0 Å². The predicted octanol–water partition coefficient (Wildman–Crippen LogP) is 2.65. The summed E-state index contributed by atoms with van der Waals surface area (Å²) in [5.74, 6) is 0.955. The van der Waals surface area contributed by atoms with Gasteiger partial charge in [0.2, 0.25) is 0 Å². The van der Waals surface area contributed by atoms with Gasteiger partial charge in [-0.25, -0.2) is 4.98 Å². The van der Waals surface area contributed by atoms with Crippen LogP contribution >= 0.6 is 0 Å². The van der Waals surface area contributed by atoms with E-state index in [1.165, 1.54) is 6.07 Å². The number of aromatic nitrogens is 3. The van der Waals surface area contributed by atoms with E-state index in [4.69, 9.17) is 0 Å². The van der Waals surface area contributed by atoms with Crippen LogP contribution < -0.4 is 16.2 Å². The van der Waals surface area contributed by atoms with E-state index in [0.717, 1.165) is 43.0 Å². The monoisotopic (exact) mass is 391 g/mol. The number of imidazole rings is 1. The highest BCUT2D eigenvalue weighted by atomic mass is 16.2. The van der Waals surface area contributed by atoms with Crippen molar-refractivity contribution in [2.45, 2.75) is 32.2 Å². The van der Waals surface area contributed by atoms with Crippen molar-refractivity contribution in [3.05, 3.63) is 81.8 Å². The van der Waals surface area contributed by atoms with E-state index in [1.807, 2.05) is 37.3 Å². The quantitative estimate of drug-likeness (QED) is 0.624. The molecule has 7 heteroatoms. The molecule has 3 N–H and O–H groups in total. The second-order valence-electron chi connectivity index (χ2n) is 7.44. The Labute approximate surface area is 169 Å². The first-order valence-electron chi connectivity index (χ1n) is 9.93. The number of aryl methyl sites for hydroxylation is 1. The summed E-state index contributed by atoms with van der Waals surface area (Å²) in [6.07, 6.45) is 3.69. The maximum Gasteiger partial charge on any atom is 0.276 e. The number of nitrogens with one attached hydrogen (secondary N) is 3. The first-order valence-corrected chi connectivity index (χ1v) is 9.93. The fraction of sp³-hybridized carbons (Fsp3) is 0.318. The van der Waals surface area contributed by atoms with Crippen LogP contribution in [-0.2, 0) is 6.54 Å². The van der Waals surface area contributed by atoms with Gasteiger partial charge in [0.25, 0.3) is 11.5 Å². The maximum atomic E-state index is 12.8. The van der Waals surface area contributed by atoms with Crippen molar-refractivity contribution in [3.63, 3.8) is 0 Å². The second kappa shape index (κ2) is 8.45. The Morgan fingerprint density at radius 1 is 1.17 bits per heavy atom. The number of pyridine rings is 1. The summed E-state index contributed by atoms with van der Waals surface area (Å²) in [5, 5.41) is 6.21. The molecular formula is C22H25N5O2. The molecule has 4 rings (SSSR count). The number of carbonyl (C=O) groups is 1. The molecule has 0 radical (unpaired) electrons. The fourth-order valence-electron chi connectivity index (χ4n) is 3.69. The second-order valence-corrected chi connectivity index (χ2v) is 7.44. The van der Waals surface area contributed by atoms with Gasteiger partial charge in [-0.05, 0) is 44.5 Å². The molecule has 150 valence electrons. The normalized spacial score (nSPS) is 14.7. The van der Waals surface area contributed by atoms with Gasteiger partial charge in [0.15, 0.2) is 0 Å². The molecule has 0 saturated carbocycles. The molecule has 1 aromatic carbocycles. The van der Waals surface area contributed by atoms with Crippen molar-refractivity contribution < 1.29 is 4.79 Å². The minimum Gasteiger partial charge on any atom is -0.345 e. The summed E-state index contributed by atoms with van der Waals surface area (Å²) in [7, 11) is 0. The zero-order valence-electron chi connectivity index (χ0n) is 16.4. The number of hydrogen-bond donors (Lipinski definition) is 3. The number of hydrogen-bond acceptors (Lipinski definition) is 4. The lowest BCUT2D eigenvalue weighted by Crippen LogP contribution is -2.27. The lowest BCUT2D eigenvalue weighted by Gasteiger charge is -2.20. The van der Waals surface area contributed by atoms with Gasteiger partial charge in [0, 0.05) is 23.9 Å². The highest BCUT2D eigenvalue weighted by Crippen LogP contribution is 2.24. The smallest absolute Gasteiger partial charge is 0.276 e. The first kappa shape index (κ1) is 19.1. The molecule has 0 unspecified atom stereocenters. The number of anilines is 1. The molecule has 1 aliphatic heterocycles. The van der Waals surface area contributed by atoms with Crippen LogP contribution in [0.5, 0.6) is 0 Å². The number of piperidine rings is 1. The van der Waals surface area contributed by atoms with E-state index < -0.39 is 0 Å². The molecule has 7 nitrogen and oxygen atoms in total. The van der Waals surface area contributed by atoms with Crippen LogP contribution in [0.4, 0.5) is 5.69 Å². The number of aromatic amines is 1. The van der Waals surface area contributed by atoms with E-state index in [-0.39, 0.29) is 11.5 Å². The first-order chi connectivity index (χ1) is 14.1. The topological polar surface area (TPSA) is 91.8 Å². The molecule has 3 aromatic rings. The Hall–Kier alpha value is -3.19. The Morgan fingerprint density at radius 2 is 1.93 bits per heavy atom. The molecule has 0 aliphatic carbocycles. The van der Waals surface area contributed by atoms with Gasteiger partial charge < -0.3 is 20.2 Å². The Morgan fingerprint density at radius 3 is 2.69 bits per heavy atom. The van der Waals surface area contributed by atoms with Gasteiger partial charge in [0.1, 0.15) is 11.5 Å². The number of benzene rings is 1. The van der Waals surface area contributed by atoms with E-state index in [1.54, 1.807) is 16.8 Å². The SMILES string of the molecule is Cc1[nH]c(C2CCNCC2)nc1C(=O)Nc1ccc(=O)n(Cc2ccccc2)c1. The lowest BCUT2D eigenvalue weighted by atomic mass is 9.98. The number of amides is 1. The van der Waals surface area contributed by atoms with Crippen LogP contribution in [0.25, 0.3) is 0 Å². The summed E-state index contributed by atoms with van der Waals surface area (Å²) in [6.45, 7) is 4.25. The average molecular weight is 391 g/mol. The zero-order valence-corrected chi connectivity index (χ0v) is 16.4. The van der Waals surface area contributed by atoms with Gasteiger partial charge >= 0.3 is 0 Å². The van der Waals surface area contributed by atoms with Gasteiger partial charge in [-0.2, -0.15) is 0 Å². The summed E-state index contributed by atoms with van der Waals surface area (Å²) in [5.41, 5.74) is 2.63. The summed E-state index contributed by atoms with van der Waals surface area (Å²) < 4.78 is 1.59. The highest BCUT2D eigenvalue weighted by molar-refractivity contribution is 6.03. The van der Waals surface area contributed by atoms with E-state index >= 15 is 0 Å². The third-order valence-corrected chi connectivity index (χ3v) is 5.28. The van der Waals surface area contributed by atoms with Crippen molar-refractivity contribution in [1.29, 1.82) is 0 Å². The lowest BCUT2D eigenvalue weighted by molar-refractivity contribution is 0.102. The molecule has 1 fully saturated rings. The molecule has 3 heterocycles. The van der Waals surface area contributed by atoms with Crippen molar-refractivity contribution in [2.24, 2.45) is 0 Å². The standard InChI is InChI=1S/C22H25N5O2/c1-15-20(26-21(24-15)17-9-11-23-12-10-17)22(29)25-18-7-8-19(28)27(14-18)13-16-5-3-2-4-6-16/h2-8,14,17,23H,9-13H2,1H3,(H,24,26)(H,25,29). The molecular weight excluding hydrogens is 366 g/mol. The molecule has 2 aromatic heterocycles. The molecule has 1 aliphatic rings. The molecule has 1 saturated heterocycles. The third-order valence-electron chi connectivity index (χ3n) is 5.28. The molecule has 1 amide bonds. The average Bonchev–Trinajstić information content (AvgIpc) is 3.14. The van der Waals surface area contributed by atoms with E-state index in [9.17, 15) is 9.59 Å². The number of carbonyl (C=O) groups excluding carboxylic acids is 1. The minimum absolute atomic E-state index is 0.115. The maximum absolute atomic E-state index is 12.8. The highest BCUT2D eigenvalue weighted by Gasteiger charge is 2.22. The van der Waals surface area contributed by atoms with Gasteiger partial charge in [-0.3, -0.25) is 9.59 Å². The molecule has 29 heavy (non-hydrogen) atoms. The number of nitrogens with zero attached hydrogens (tertiary/aromatic N) is 2. The van der Waals surface area contributed by atoms with Crippen LogP contribution in [0, 0.1) is 6.92 Å². The Balaban J connectivity index is 1.50. The van der Waals surface area contributed by atoms with E-state index in [0.29, 0.717) is 23.8 Å². The molecule has 0 spiro atoms. The minimum atomic E-state index is -0.274. The van der Waals surface area contributed by atoms with Crippen molar-refractivity contribution in [3.8, 4) is 0 Å². The third kappa shape index (κ3) is 4.46. The van der Waals surface area contributed by atoms with Gasteiger partial charge in [-0.15, -0.1) is 0 Å². The van der Waals surface area contributed by atoms with Crippen molar-refractivity contribution in [2.75, 3.05) is 18.4 Å². The van der Waals surface area contributed by atoms with Crippen molar-refractivity contribution in [1.82, 2.24) is 19.9 Å². The largest absolute Gasteiger partial charge is 0.345 e. The fourth-order valence-corrected chi connectivity index (χ4v) is 3.69. The predicted molar refractivity (Wildman–Crippen MR) is 112 cm³/mol. The number of rotatable bonds is 5. The summed E-state index contributed by atoms with van der Waals surface area (Å²) >= 11 is 0. The van der Waals surface area contributed by atoms with Crippen LogP contribution in [-0.4, -0.2) is 33.5 Å². The zero-order chi connectivity index (χ0) is 20.2. The van der Waals surface area contributed by atoms with Gasteiger partial charge in [-0.1, -0.05) is 30.3 Å². The van der Waals surface area contributed by atoms with Crippen LogP contribution in [0.15, 0.2) is 53.5 Å². The molecule has 0 bridgehead atoms. The Bertz CT molecular complexity index is 1050. The molecule has 0 atom stereocenters. The van der Waals surface area contributed by atoms with Crippen LogP contribution in [0.1, 0.15) is 46.3 Å². The Kier molecular flexibility index (Phi) is 5.57. The summed E-state index contributed by atoms with van der Waals surface area (Å²) in [4.78, 5) is 32.8. The van der Waals surface area contributed by atoms with Crippen molar-refractivity contribution >= 4 is 11.6 Å². The number of H-pyrrole nitrogens is 1.